The van der Waals surface area contributed by atoms with Gasteiger partial charge in [0.05, 0.1) is 22.9 Å². The molecule has 0 bridgehead atoms. The standard InChI is InChI=1S/C14H17N3S/c1-2-6-14-13(5-1)16-9-11(17-14)8-15-10-12-4-3-7-18-12/h1-2,5-6,9,12,15H,3-4,7-8,10H2. The molecular weight excluding hydrogens is 242 g/mol. The minimum Gasteiger partial charge on any atom is -0.310 e. The van der Waals surface area contributed by atoms with E-state index in [9.17, 15) is 0 Å². The van der Waals surface area contributed by atoms with Gasteiger partial charge in [-0.1, -0.05) is 12.1 Å². The van der Waals surface area contributed by atoms with Gasteiger partial charge in [-0.2, -0.15) is 11.8 Å². The molecule has 1 fully saturated rings. The number of hydrogen-bond acceptors (Lipinski definition) is 4. The minimum absolute atomic E-state index is 0.790. The van der Waals surface area contributed by atoms with E-state index in [1.165, 1.54) is 18.6 Å². The highest BCUT2D eigenvalue weighted by Crippen LogP contribution is 2.25. The van der Waals surface area contributed by atoms with Crippen molar-refractivity contribution in [2.24, 2.45) is 0 Å². The Bertz CT molecular complexity index is 523. The van der Waals surface area contributed by atoms with Gasteiger partial charge in [0.25, 0.3) is 0 Å². The SMILES string of the molecule is c1ccc2nc(CNCC3CCCS3)cnc2c1. The van der Waals surface area contributed by atoms with Gasteiger partial charge in [-0.25, -0.2) is 4.98 Å². The first kappa shape index (κ1) is 11.9. The smallest absolute Gasteiger partial charge is 0.0890 e. The van der Waals surface area contributed by atoms with Crippen LogP contribution >= 0.6 is 11.8 Å². The van der Waals surface area contributed by atoms with Crippen LogP contribution in [-0.4, -0.2) is 27.5 Å². The third kappa shape index (κ3) is 2.82. The second-order valence-corrected chi connectivity index (χ2v) is 6.02. The van der Waals surface area contributed by atoms with Gasteiger partial charge in [-0.05, 0) is 30.7 Å². The zero-order valence-corrected chi connectivity index (χ0v) is 11.1. The van der Waals surface area contributed by atoms with E-state index in [-0.39, 0.29) is 0 Å². The highest BCUT2D eigenvalue weighted by atomic mass is 32.2. The lowest BCUT2D eigenvalue weighted by Gasteiger charge is -2.09. The highest BCUT2D eigenvalue weighted by molar-refractivity contribution is 8.00. The van der Waals surface area contributed by atoms with Crippen molar-refractivity contribution in [2.75, 3.05) is 12.3 Å². The van der Waals surface area contributed by atoms with Crippen molar-refractivity contribution in [1.82, 2.24) is 15.3 Å². The fourth-order valence-corrected chi connectivity index (χ4v) is 3.48. The molecule has 1 aliphatic heterocycles. The van der Waals surface area contributed by atoms with E-state index in [2.05, 4.69) is 27.0 Å². The molecule has 2 aromatic rings. The number of hydrogen-bond donors (Lipinski definition) is 1. The van der Waals surface area contributed by atoms with Crippen molar-refractivity contribution in [3.63, 3.8) is 0 Å². The molecule has 1 atom stereocenters. The van der Waals surface area contributed by atoms with E-state index in [4.69, 9.17) is 0 Å². The molecule has 0 radical (unpaired) electrons. The van der Waals surface area contributed by atoms with E-state index < -0.39 is 0 Å². The predicted octanol–water partition coefficient (Wildman–Crippen LogP) is 2.62. The summed E-state index contributed by atoms with van der Waals surface area (Å²) in [5.41, 5.74) is 2.97. The first-order valence-corrected chi connectivity index (χ1v) is 7.50. The Morgan fingerprint density at radius 2 is 2.17 bits per heavy atom. The molecule has 18 heavy (non-hydrogen) atoms. The number of nitrogens with zero attached hydrogens (tertiary/aromatic N) is 2. The minimum atomic E-state index is 0.790. The summed E-state index contributed by atoms with van der Waals surface area (Å²) in [6.45, 7) is 1.90. The molecule has 3 nitrogen and oxygen atoms in total. The van der Waals surface area contributed by atoms with Gasteiger partial charge in [0.1, 0.15) is 0 Å². The molecule has 1 aromatic heterocycles. The van der Waals surface area contributed by atoms with Crippen molar-refractivity contribution < 1.29 is 0 Å². The van der Waals surface area contributed by atoms with Crippen molar-refractivity contribution in [1.29, 1.82) is 0 Å². The van der Waals surface area contributed by atoms with E-state index in [1.54, 1.807) is 0 Å². The van der Waals surface area contributed by atoms with E-state index >= 15 is 0 Å². The van der Waals surface area contributed by atoms with Crippen molar-refractivity contribution in [2.45, 2.75) is 24.6 Å². The fourth-order valence-electron chi connectivity index (χ4n) is 2.25. The summed E-state index contributed by atoms with van der Waals surface area (Å²) in [6.07, 6.45) is 4.59. The van der Waals surface area contributed by atoms with Crippen LogP contribution in [0.4, 0.5) is 0 Å². The van der Waals surface area contributed by atoms with Crippen LogP contribution in [0.2, 0.25) is 0 Å². The Morgan fingerprint density at radius 3 is 3.00 bits per heavy atom. The number of thioether (sulfide) groups is 1. The number of benzene rings is 1. The summed E-state index contributed by atoms with van der Waals surface area (Å²) in [5, 5.41) is 4.28. The van der Waals surface area contributed by atoms with Gasteiger partial charge >= 0.3 is 0 Å². The van der Waals surface area contributed by atoms with Gasteiger partial charge < -0.3 is 5.32 Å². The number of fused-ring (bicyclic) bond motifs is 1. The Kier molecular flexibility index (Phi) is 3.76. The summed E-state index contributed by atoms with van der Waals surface area (Å²) < 4.78 is 0. The van der Waals surface area contributed by atoms with Crippen molar-refractivity contribution in [3.05, 3.63) is 36.2 Å². The number of rotatable bonds is 4. The summed E-state index contributed by atoms with van der Waals surface area (Å²) in [7, 11) is 0. The lowest BCUT2D eigenvalue weighted by Crippen LogP contribution is -2.23. The van der Waals surface area contributed by atoms with Crippen LogP contribution in [0, 0.1) is 0 Å². The highest BCUT2D eigenvalue weighted by Gasteiger charge is 2.14. The maximum Gasteiger partial charge on any atom is 0.0890 e. The molecule has 0 aliphatic carbocycles. The normalized spacial score (nSPS) is 19.4. The third-order valence-electron chi connectivity index (χ3n) is 3.20. The molecule has 0 amide bonds. The Labute approximate surface area is 111 Å². The fraction of sp³-hybridized carbons (Fsp3) is 0.429. The van der Waals surface area contributed by atoms with Gasteiger partial charge in [0, 0.05) is 18.3 Å². The number of nitrogens with one attached hydrogen (secondary N) is 1. The van der Waals surface area contributed by atoms with Gasteiger partial charge in [0.2, 0.25) is 0 Å². The molecule has 1 unspecified atom stereocenters. The van der Waals surface area contributed by atoms with Crippen LogP contribution in [0.1, 0.15) is 18.5 Å². The molecule has 94 valence electrons. The summed E-state index contributed by atoms with van der Waals surface area (Å²) in [5.74, 6) is 1.32. The average Bonchev–Trinajstić information content (AvgIpc) is 2.92. The zero-order chi connectivity index (χ0) is 12.2. The van der Waals surface area contributed by atoms with Crippen LogP contribution in [0.3, 0.4) is 0 Å². The lowest BCUT2D eigenvalue weighted by molar-refractivity contribution is 0.638. The zero-order valence-electron chi connectivity index (χ0n) is 10.3. The maximum atomic E-state index is 4.61. The summed E-state index contributed by atoms with van der Waals surface area (Å²) in [4.78, 5) is 9.03. The molecule has 1 saturated heterocycles. The molecule has 1 aliphatic rings. The molecule has 2 heterocycles. The lowest BCUT2D eigenvalue weighted by atomic mass is 10.2. The first-order valence-electron chi connectivity index (χ1n) is 6.45. The molecule has 0 spiro atoms. The second kappa shape index (κ2) is 5.67. The second-order valence-electron chi connectivity index (χ2n) is 4.62. The summed E-state index contributed by atoms with van der Waals surface area (Å²) in [6, 6.07) is 8.00. The van der Waals surface area contributed by atoms with E-state index in [0.29, 0.717) is 0 Å². The van der Waals surface area contributed by atoms with E-state index in [1.807, 2.05) is 30.5 Å². The van der Waals surface area contributed by atoms with Gasteiger partial charge in [-0.15, -0.1) is 0 Å². The number of para-hydroxylation sites is 2. The van der Waals surface area contributed by atoms with Crippen LogP contribution in [0.5, 0.6) is 0 Å². The molecule has 1 N–H and O–H groups in total. The van der Waals surface area contributed by atoms with Gasteiger partial charge in [0.15, 0.2) is 0 Å². The van der Waals surface area contributed by atoms with Crippen LogP contribution in [-0.2, 0) is 6.54 Å². The van der Waals surface area contributed by atoms with Crippen LogP contribution < -0.4 is 5.32 Å². The van der Waals surface area contributed by atoms with Gasteiger partial charge in [-0.3, -0.25) is 4.98 Å². The average molecular weight is 259 g/mol. The summed E-state index contributed by atoms with van der Waals surface area (Å²) >= 11 is 2.08. The van der Waals surface area contributed by atoms with Crippen molar-refractivity contribution >= 4 is 22.8 Å². The third-order valence-corrected chi connectivity index (χ3v) is 4.60. The first-order chi connectivity index (χ1) is 8.92. The molecule has 4 heteroatoms. The predicted molar refractivity (Wildman–Crippen MR) is 76.7 cm³/mol. The largest absolute Gasteiger partial charge is 0.310 e. The quantitative estimate of drug-likeness (QED) is 0.916. The Morgan fingerprint density at radius 1 is 1.28 bits per heavy atom. The van der Waals surface area contributed by atoms with Crippen molar-refractivity contribution in [3.8, 4) is 0 Å². The topological polar surface area (TPSA) is 37.8 Å². The van der Waals surface area contributed by atoms with Crippen LogP contribution in [0.15, 0.2) is 30.5 Å². The number of aromatic nitrogens is 2. The monoisotopic (exact) mass is 259 g/mol. The maximum absolute atomic E-state index is 4.61. The van der Waals surface area contributed by atoms with E-state index in [0.717, 1.165) is 35.1 Å². The molecule has 3 rings (SSSR count). The molecular formula is C14H17N3S. The molecule has 0 saturated carbocycles. The Hall–Kier alpha value is -1.13. The van der Waals surface area contributed by atoms with Crippen LogP contribution in [0.25, 0.3) is 11.0 Å². The Balaban J connectivity index is 1.60. The molecule has 1 aromatic carbocycles.